The third kappa shape index (κ3) is 16.7. The van der Waals surface area contributed by atoms with Gasteiger partial charge in [-0.25, -0.2) is 0 Å². The van der Waals surface area contributed by atoms with Gasteiger partial charge < -0.3 is 31.1 Å². The maximum Gasteiger partial charge on any atom is 0.253 e. The number of unbranched alkanes of at least 4 members (excludes halogenated alkanes) is 18. The third-order valence-electron chi connectivity index (χ3n) is 16.3. The fraction of sp³-hybridized carbons (Fsp3) is 0.613. The van der Waals surface area contributed by atoms with Crippen LogP contribution in [-0.2, 0) is 19.2 Å². The van der Waals surface area contributed by atoms with Gasteiger partial charge in [0.1, 0.15) is 0 Å². The Morgan fingerprint density at radius 1 is 0.392 bits per heavy atom. The Morgan fingerprint density at radius 2 is 0.689 bits per heavy atom. The van der Waals surface area contributed by atoms with E-state index >= 15 is 0 Å². The first-order valence-corrected chi connectivity index (χ1v) is 29.1. The number of hydrogen-bond donors (Lipinski definition) is 4. The Labute approximate surface area is 442 Å². The molecular formula is C62H88N6O6. The number of amides is 6. The highest BCUT2D eigenvalue weighted by Crippen LogP contribution is 2.43. The minimum atomic E-state index is -0.721. The van der Waals surface area contributed by atoms with E-state index in [-0.39, 0.29) is 85.5 Å². The van der Waals surface area contributed by atoms with Crippen molar-refractivity contribution in [3.05, 3.63) is 107 Å². The molecule has 0 spiro atoms. The zero-order valence-corrected chi connectivity index (χ0v) is 44.8. The number of nitrogens with zero attached hydrogens (tertiary/aromatic N) is 2. The quantitative estimate of drug-likeness (QED) is 0.0456. The molecule has 7 rings (SSSR count). The maximum absolute atomic E-state index is 14.2. The summed E-state index contributed by atoms with van der Waals surface area (Å²) in [5, 5.41) is 12.6. The van der Waals surface area contributed by atoms with E-state index in [0.29, 0.717) is 24.2 Å². The van der Waals surface area contributed by atoms with E-state index in [9.17, 15) is 28.8 Å². The molecule has 6 amide bonds. The van der Waals surface area contributed by atoms with Gasteiger partial charge in [-0.15, -0.1) is 0 Å². The van der Waals surface area contributed by atoms with Gasteiger partial charge >= 0.3 is 0 Å². The zero-order chi connectivity index (χ0) is 52.1. The van der Waals surface area contributed by atoms with Crippen molar-refractivity contribution in [3.63, 3.8) is 0 Å². The molecule has 0 bridgehead atoms. The Balaban J connectivity index is 0.934. The van der Waals surface area contributed by atoms with Crippen molar-refractivity contribution in [3.8, 4) is 0 Å². The molecule has 2 aliphatic heterocycles. The highest BCUT2D eigenvalue weighted by atomic mass is 16.2. The van der Waals surface area contributed by atoms with E-state index in [1.807, 2.05) is 36.4 Å². The molecule has 8 atom stereocenters. The van der Waals surface area contributed by atoms with Gasteiger partial charge in [-0.3, -0.25) is 28.8 Å². The van der Waals surface area contributed by atoms with Crippen molar-refractivity contribution < 1.29 is 28.8 Å². The van der Waals surface area contributed by atoms with Crippen LogP contribution in [0.1, 0.15) is 199 Å². The summed E-state index contributed by atoms with van der Waals surface area (Å²) in [5.41, 5.74) is 3.03. The molecule has 4 N–H and O–H groups in total. The highest BCUT2D eigenvalue weighted by Gasteiger charge is 2.49. The molecule has 4 aliphatic rings. The smallest absolute Gasteiger partial charge is 0.253 e. The molecular weight excluding hydrogens is 925 g/mol. The van der Waals surface area contributed by atoms with Crippen LogP contribution in [0.2, 0.25) is 0 Å². The fourth-order valence-corrected chi connectivity index (χ4v) is 11.5. The van der Waals surface area contributed by atoms with E-state index < -0.39 is 23.7 Å². The number of carbonyl (C=O) groups is 6. The molecule has 12 heteroatoms. The molecule has 2 heterocycles. The van der Waals surface area contributed by atoms with Crippen LogP contribution in [0.4, 0.5) is 0 Å². The van der Waals surface area contributed by atoms with Crippen molar-refractivity contribution in [2.75, 3.05) is 39.3 Å². The minimum absolute atomic E-state index is 0.0250. The van der Waals surface area contributed by atoms with Crippen molar-refractivity contribution in [1.82, 2.24) is 31.1 Å². The summed E-state index contributed by atoms with van der Waals surface area (Å²) in [7, 11) is 0. The Bertz CT molecular complexity index is 2120. The molecule has 0 aromatic heterocycles. The first-order valence-electron chi connectivity index (χ1n) is 29.1. The average Bonchev–Trinajstić information content (AvgIpc) is 4.27. The summed E-state index contributed by atoms with van der Waals surface area (Å²) in [6, 6.07) is 26.6. The summed E-state index contributed by atoms with van der Waals surface area (Å²) < 4.78 is 0. The van der Waals surface area contributed by atoms with Gasteiger partial charge in [-0.2, -0.15) is 0 Å². The second-order valence-corrected chi connectivity index (χ2v) is 22.1. The van der Waals surface area contributed by atoms with Crippen molar-refractivity contribution in [2.45, 2.75) is 179 Å². The number of rotatable bonds is 32. The molecule has 3 aromatic carbocycles. The van der Waals surface area contributed by atoms with Crippen LogP contribution in [0.25, 0.3) is 0 Å². The van der Waals surface area contributed by atoms with Gasteiger partial charge in [0.25, 0.3) is 11.8 Å². The summed E-state index contributed by atoms with van der Waals surface area (Å²) in [4.78, 5) is 87.2. The fourth-order valence-electron chi connectivity index (χ4n) is 11.5. The largest absolute Gasteiger partial charge is 0.356 e. The Morgan fingerprint density at radius 3 is 1.01 bits per heavy atom. The topological polar surface area (TPSA) is 157 Å². The summed E-state index contributed by atoms with van der Waals surface area (Å²) in [6.07, 6.45) is 25.7. The third-order valence-corrected chi connectivity index (χ3v) is 16.3. The predicted molar refractivity (Wildman–Crippen MR) is 293 cm³/mol. The lowest BCUT2D eigenvalue weighted by molar-refractivity contribution is -0.133. The molecule has 2 saturated carbocycles. The van der Waals surface area contributed by atoms with Gasteiger partial charge in [0.15, 0.2) is 0 Å². The number of benzene rings is 3. The lowest BCUT2D eigenvalue weighted by atomic mass is 9.94. The van der Waals surface area contributed by atoms with Gasteiger partial charge in [-0.1, -0.05) is 190 Å². The second-order valence-electron chi connectivity index (χ2n) is 22.1. The van der Waals surface area contributed by atoms with E-state index in [1.54, 1.807) is 34.1 Å². The van der Waals surface area contributed by atoms with Gasteiger partial charge in [0, 0.05) is 74.3 Å². The molecule has 0 unspecified atom stereocenters. The molecule has 0 radical (unpaired) electrons. The van der Waals surface area contributed by atoms with Gasteiger partial charge in [0.05, 0.1) is 23.7 Å². The van der Waals surface area contributed by atoms with Crippen LogP contribution in [0.5, 0.6) is 0 Å². The van der Waals surface area contributed by atoms with Crippen molar-refractivity contribution >= 4 is 35.4 Å². The summed E-state index contributed by atoms with van der Waals surface area (Å²) in [6.45, 7) is 6.00. The van der Waals surface area contributed by atoms with Crippen LogP contribution in [0.15, 0.2) is 84.9 Å². The number of nitrogens with one attached hydrogen (secondary N) is 4. The predicted octanol–water partition coefficient (Wildman–Crippen LogP) is 10.5. The molecule has 3 aromatic rings. The number of likely N-dealkylation sites (tertiary alicyclic amines) is 2. The highest BCUT2D eigenvalue weighted by molar-refractivity contribution is 6.00. The van der Waals surface area contributed by atoms with E-state index in [0.717, 1.165) is 51.4 Å². The van der Waals surface area contributed by atoms with Gasteiger partial charge in [-0.05, 0) is 61.1 Å². The zero-order valence-electron chi connectivity index (χ0n) is 44.8. The minimum Gasteiger partial charge on any atom is -0.356 e. The van der Waals surface area contributed by atoms with Crippen molar-refractivity contribution in [1.29, 1.82) is 0 Å². The molecule has 12 nitrogen and oxygen atoms in total. The SMILES string of the molecule is CCCCCCCCCCCCNC(=O)[C@@H]1CN(C(=O)c2ccc(C(=O)N3C[C@@H](C(=O)N[C@H]4C[C@@H]4c4ccccc4)[C@H](C(=O)N[C@@H]4C[C@H]4c4ccccc4)C3)cc2)C[C@H]1C(=O)NCCCCCCCCCCCC. The van der Waals surface area contributed by atoms with Crippen LogP contribution >= 0.6 is 0 Å². The van der Waals surface area contributed by atoms with Crippen LogP contribution in [0.3, 0.4) is 0 Å². The summed E-state index contributed by atoms with van der Waals surface area (Å²) >= 11 is 0. The molecule has 4 fully saturated rings. The van der Waals surface area contributed by atoms with Crippen LogP contribution in [-0.4, -0.2) is 96.6 Å². The monoisotopic (exact) mass is 1010 g/mol. The lowest BCUT2D eigenvalue weighted by Crippen LogP contribution is -2.43. The maximum atomic E-state index is 14.2. The van der Waals surface area contributed by atoms with E-state index in [4.69, 9.17) is 0 Å². The lowest BCUT2D eigenvalue weighted by Gasteiger charge is -2.18. The molecule has 74 heavy (non-hydrogen) atoms. The van der Waals surface area contributed by atoms with Crippen LogP contribution < -0.4 is 21.3 Å². The molecule has 2 saturated heterocycles. The number of carbonyl (C=O) groups excluding carboxylic acids is 6. The Kier molecular flexibility index (Phi) is 22.4. The first kappa shape index (κ1) is 56.2. The average molecular weight is 1010 g/mol. The van der Waals surface area contributed by atoms with E-state index in [2.05, 4.69) is 59.4 Å². The van der Waals surface area contributed by atoms with Crippen molar-refractivity contribution in [2.24, 2.45) is 23.7 Å². The first-order chi connectivity index (χ1) is 36.2. The normalized spacial score (nSPS) is 22.8. The Hall–Kier alpha value is -5.52. The summed E-state index contributed by atoms with van der Waals surface area (Å²) in [5.74, 6) is -3.80. The molecule has 402 valence electrons. The van der Waals surface area contributed by atoms with E-state index in [1.165, 1.54) is 101 Å². The van der Waals surface area contributed by atoms with Gasteiger partial charge in [0.2, 0.25) is 23.6 Å². The standard InChI is InChI=1S/C62H88N6O6/c1-3-5-7-9-11-13-15-17-19-27-37-63-57(69)51-41-67(42-52(51)58(70)64-38-28-20-18-16-14-12-10-8-6-4-2)61(73)47-33-35-48(36-34-47)62(74)68-43-53(59(71)65-55-39-49(55)45-29-23-21-24-30-45)54(44-68)60(72)66-56-40-50(56)46-31-25-22-26-32-46/h21-26,29-36,49-56H,3-20,27-28,37-44H2,1-2H3,(H,63,69)(H,64,70)(H,65,71)(H,66,72)/t49-,50+,51-,52-,53-,54-,55+,56-/m1/s1. The van der Waals surface area contributed by atoms with Crippen LogP contribution in [0, 0.1) is 23.7 Å². The number of hydrogen-bond acceptors (Lipinski definition) is 6. The molecule has 2 aliphatic carbocycles. The second kappa shape index (κ2) is 29.5.